The van der Waals surface area contributed by atoms with Crippen LogP contribution in [0.2, 0.25) is 0 Å². The average Bonchev–Trinajstić information content (AvgIpc) is 2.87. The van der Waals surface area contributed by atoms with Crippen molar-refractivity contribution in [2.24, 2.45) is 0 Å². The maximum atomic E-state index is 13.0. The van der Waals surface area contributed by atoms with Crippen molar-refractivity contribution in [1.82, 2.24) is 15.2 Å². The number of urea groups is 1. The number of imide groups is 1. The van der Waals surface area contributed by atoms with Gasteiger partial charge < -0.3 is 15.0 Å². The van der Waals surface area contributed by atoms with Gasteiger partial charge in [0.1, 0.15) is 17.0 Å². The molecule has 1 aliphatic rings. The van der Waals surface area contributed by atoms with E-state index in [4.69, 9.17) is 0 Å². The third-order valence-electron chi connectivity index (χ3n) is 4.78. The molecule has 1 saturated heterocycles. The van der Waals surface area contributed by atoms with Gasteiger partial charge in [-0.3, -0.25) is 14.6 Å². The largest absolute Gasteiger partial charge is 0.573 e. The lowest BCUT2D eigenvalue weighted by molar-refractivity contribution is -0.274. The summed E-state index contributed by atoms with van der Waals surface area (Å²) < 4.78 is 40.9. The van der Waals surface area contributed by atoms with E-state index in [-0.39, 0.29) is 17.9 Å². The zero-order chi connectivity index (χ0) is 23.0. The summed E-state index contributed by atoms with van der Waals surface area (Å²) in [5.74, 6) is -1.40. The van der Waals surface area contributed by atoms with Crippen molar-refractivity contribution >= 4 is 23.5 Å². The zero-order valence-electron chi connectivity index (χ0n) is 16.9. The monoisotopic (exact) mass is 436 g/mol. The highest BCUT2D eigenvalue weighted by molar-refractivity contribution is 6.22. The molecule has 11 heteroatoms. The van der Waals surface area contributed by atoms with Crippen LogP contribution in [0, 0.1) is 0 Å². The number of pyridine rings is 1. The van der Waals surface area contributed by atoms with Gasteiger partial charge in [0.05, 0.1) is 5.69 Å². The Labute approximate surface area is 175 Å². The van der Waals surface area contributed by atoms with Crippen LogP contribution in [0.4, 0.5) is 23.7 Å². The summed E-state index contributed by atoms with van der Waals surface area (Å²) in [6.45, 7) is 3.15. The first-order valence-electron chi connectivity index (χ1n) is 9.13. The van der Waals surface area contributed by atoms with Crippen molar-refractivity contribution in [2.75, 3.05) is 11.9 Å². The molecule has 1 aliphatic heterocycles. The molecule has 0 bridgehead atoms. The normalized spacial score (nSPS) is 15.9. The highest BCUT2D eigenvalue weighted by atomic mass is 19.4. The van der Waals surface area contributed by atoms with Gasteiger partial charge in [0.25, 0.3) is 11.8 Å². The summed E-state index contributed by atoms with van der Waals surface area (Å²) in [6, 6.07) is 6.94. The number of rotatable bonds is 5. The average molecular weight is 436 g/mol. The minimum absolute atomic E-state index is 0.0237. The van der Waals surface area contributed by atoms with E-state index in [1.807, 2.05) is 0 Å². The molecule has 4 amide bonds. The summed E-state index contributed by atoms with van der Waals surface area (Å²) >= 11 is 0. The number of alkyl halides is 3. The molecule has 164 valence electrons. The fraction of sp³-hybridized carbons (Fsp3) is 0.300. The van der Waals surface area contributed by atoms with Crippen molar-refractivity contribution in [2.45, 2.75) is 32.3 Å². The summed E-state index contributed by atoms with van der Waals surface area (Å²) in [4.78, 5) is 44.0. The molecule has 1 aromatic carbocycles. The molecule has 0 spiro atoms. The number of hydrogen-bond donors (Lipinski definition) is 1. The van der Waals surface area contributed by atoms with Gasteiger partial charge in [-0.05, 0) is 55.8 Å². The van der Waals surface area contributed by atoms with Gasteiger partial charge in [0, 0.05) is 19.8 Å². The summed E-state index contributed by atoms with van der Waals surface area (Å²) in [7, 11) is 1.46. The predicted octanol–water partition coefficient (Wildman–Crippen LogP) is 3.09. The zero-order valence-corrected chi connectivity index (χ0v) is 16.9. The lowest BCUT2D eigenvalue weighted by atomic mass is 10.0. The lowest BCUT2D eigenvalue weighted by Crippen LogP contribution is -2.43. The van der Waals surface area contributed by atoms with E-state index >= 15 is 0 Å². The van der Waals surface area contributed by atoms with E-state index in [0.29, 0.717) is 5.56 Å². The summed E-state index contributed by atoms with van der Waals surface area (Å²) in [6.07, 6.45) is -3.43. The minimum Gasteiger partial charge on any atom is -0.406 e. The number of nitrogens with zero attached hydrogens (tertiary/aromatic N) is 3. The van der Waals surface area contributed by atoms with Crippen LogP contribution in [-0.4, -0.2) is 46.7 Å². The molecule has 8 nitrogen and oxygen atoms in total. The second-order valence-electron chi connectivity index (χ2n) is 7.24. The van der Waals surface area contributed by atoms with Gasteiger partial charge in [0.15, 0.2) is 0 Å². The number of ether oxygens (including phenoxy) is 1. The molecule has 3 rings (SSSR count). The van der Waals surface area contributed by atoms with E-state index < -0.39 is 35.5 Å². The van der Waals surface area contributed by atoms with Crippen molar-refractivity contribution in [3.8, 4) is 5.75 Å². The second-order valence-corrected chi connectivity index (χ2v) is 7.24. The third-order valence-corrected chi connectivity index (χ3v) is 4.78. The Balaban J connectivity index is 1.86. The standard InChI is InChI=1S/C20H19F3N4O4/c1-19(2)17(29)27(13-4-6-14(7-5-13)31-20(21,22)23)18(30)26(19)11-12-8-9-25-15(10-12)16(28)24-3/h4-10H,11H2,1-3H3,(H,24,28). The van der Waals surface area contributed by atoms with Gasteiger partial charge in [-0.15, -0.1) is 13.2 Å². The predicted molar refractivity (Wildman–Crippen MR) is 103 cm³/mol. The Morgan fingerprint density at radius 3 is 2.39 bits per heavy atom. The number of halogens is 3. The first-order chi connectivity index (χ1) is 14.4. The first kappa shape index (κ1) is 22.1. The van der Waals surface area contributed by atoms with E-state index in [1.165, 1.54) is 36.3 Å². The smallest absolute Gasteiger partial charge is 0.406 e. The van der Waals surface area contributed by atoms with E-state index in [9.17, 15) is 27.6 Å². The van der Waals surface area contributed by atoms with Crippen molar-refractivity contribution in [3.05, 3.63) is 53.9 Å². The molecule has 1 fully saturated rings. The number of anilines is 1. The first-order valence-corrected chi connectivity index (χ1v) is 9.13. The number of hydrogen-bond acceptors (Lipinski definition) is 5. The molecule has 2 aromatic rings. The van der Waals surface area contributed by atoms with Gasteiger partial charge >= 0.3 is 12.4 Å². The molecular formula is C20H19F3N4O4. The van der Waals surface area contributed by atoms with Crippen LogP contribution < -0.4 is 15.0 Å². The third kappa shape index (κ3) is 4.44. The number of carbonyl (C=O) groups is 3. The summed E-state index contributed by atoms with van der Waals surface area (Å²) in [5.41, 5.74) is -0.373. The van der Waals surface area contributed by atoms with E-state index in [2.05, 4.69) is 15.0 Å². The molecule has 0 aliphatic carbocycles. The van der Waals surface area contributed by atoms with Crippen molar-refractivity contribution < 1.29 is 32.3 Å². The number of aromatic nitrogens is 1. The van der Waals surface area contributed by atoms with Crippen LogP contribution in [0.1, 0.15) is 29.9 Å². The highest BCUT2D eigenvalue weighted by Crippen LogP contribution is 2.34. The van der Waals surface area contributed by atoms with Crippen LogP contribution >= 0.6 is 0 Å². The molecule has 0 saturated carbocycles. The Morgan fingerprint density at radius 2 is 1.81 bits per heavy atom. The molecule has 31 heavy (non-hydrogen) atoms. The van der Waals surface area contributed by atoms with Crippen molar-refractivity contribution in [1.29, 1.82) is 0 Å². The van der Waals surface area contributed by atoms with Gasteiger partial charge in [-0.2, -0.15) is 0 Å². The Hall–Kier alpha value is -3.63. The van der Waals surface area contributed by atoms with Crippen LogP contribution in [0.5, 0.6) is 5.75 Å². The summed E-state index contributed by atoms with van der Waals surface area (Å²) in [5, 5.41) is 2.46. The second kappa shape index (κ2) is 7.89. The van der Waals surface area contributed by atoms with E-state index in [0.717, 1.165) is 17.0 Å². The van der Waals surface area contributed by atoms with Gasteiger partial charge in [-0.25, -0.2) is 9.69 Å². The maximum absolute atomic E-state index is 13.0. The number of amides is 4. The number of carbonyl (C=O) groups excluding carboxylic acids is 3. The molecule has 1 aromatic heterocycles. The molecule has 2 heterocycles. The lowest BCUT2D eigenvalue weighted by Gasteiger charge is -2.27. The Kier molecular flexibility index (Phi) is 5.62. The molecule has 1 N–H and O–H groups in total. The fourth-order valence-corrected chi connectivity index (χ4v) is 3.13. The quantitative estimate of drug-likeness (QED) is 0.728. The SMILES string of the molecule is CNC(=O)c1cc(CN2C(=O)N(c3ccc(OC(F)(F)F)cc3)C(=O)C2(C)C)ccn1. The molecule has 0 atom stereocenters. The Bertz CT molecular complexity index is 1020. The van der Waals surface area contributed by atoms with Crippen LogP contribution in [0.3, 0.4) is 0 Å². The topological polar surface area (TPSA) is 91.8 Å². The van der Waals surface area contributed by atoms with Crippen LogP contribution in [0.15, 0.2) is 42.6 Å². The van der Waals surface area contributed by atoms with Crippen molar-refractivity contribution in [3.63, 3.8) is 0 Å². The number of benzene rings is 1. The van der Waals surface area contributed by atoms with Gasteiger partial charge in [0.2, 0.25) is 0 Å². The van der Waals surface area contributed by atoms with E-state index in [1.54, 1.807) is 19.9 Å². The fourth-order valence-electron chi connectivity index (χ4n) is 3.13. The highest BCUT2D eigenvalue weighted by Gasteiger charge is 2.51. The van der Waals surface area contributed by atoms with Crippen LogP contribution in [0.25, 0.3) is 0 Å². The molecular weight excluding hydrogens is 417 g/mol. The number of nitrogens with one attached hydrogen (secondary N) is 1. The Morgan fingerprint density at radius 1 is 1.16 bits per heavy atom. The molecule has 0 radical (unpaired) electrons. The van der Waals surface area contributed by atoms with Gasteiger partial charge in [-0.1, -0.05) is 0 Å². The maximum Gasteiger partial charge on any atom is 0.573 e. The molecule has 0 unspecified atom stereocenters. The minimum atomic E-state index is -4.85. The van der Waals surface area contributed by atoms with Crippen LogP contribution in [-0.2, 0) is 11.3 Å².